The maximum atomic E-state index is 12.7. The fourth-order valence-corrected chi connectivity index (χ4v) is 1.39. The third kappa shape index (κ3) is 7.38. The fraction of sp³-hybridized carbons (Fsp3) is 0.462. The summed E-state index contributed by atoms with van der Waals surface area (Å²) in [4.78, 5) is 11.4. The Morgan fingerprint density at radius 3 is 2.63 bits per heavy atom. The largest absolute Gasteiger partial charge is 0.394 e. The van der Waals surface area contributed by atoms with Crippen LogP contribution in [-0.2, 0) is 11.3 Å². The van der Waals surface area contributed by atoms with Gasteiger partial charge in [-0.05, 0) is 24.1 Å². The van der Waals surface area contributed by atoms with Gasteiger partial charge in [-0.25, -0.2) is 9.18 Å². The smallest absolute Gasteiger partial charge is 0.315 e. The van der Waals surface area contributed by atoms with Crippen LogP contribution < -0.4 is 10.6 Å². The molecule has 0 fully saturated rings. The van der Waals surface area contributed by atoms with E-state index in [2.05, 4.69) is 10.6 Å². The van der Waals surface area contributed by atoms with E-state index in [0.717, 1.165) is 5.56 Å². The highest BCUT2D eigenvalue weighted by Gasteiger charge is 2.00. The number of nitrogens with one attached hydrogen (secondary N) is 2. The highest BCUT2D eigenvalue weighted by atomic mass is 19.1. The minimum absolute atomic E-state index is 0.00554. The van der Waals surface area contributed by atoms with Gasteiger partial charge in [0.25, 0.3) is 0 Å². The van der Waals surface area contributed by atoms with Crippen molar-refractivity contribution in [1.29, 1.82) is 0 Å². The maximum Gasteiger partial charge on any atom is 0.315 e. The molecule has 5 nitrogen and oxygen atoms in total. The normalized spacial score (nSPS) is 10.2. The number of urea groups is 1. The lowest BCUT2D eigenvalue weighted by atomic mass is 10.2. The second-order valence-corrected chi connectivity index (χ2v) is 3.93. The van der Waals surface area contributed by atoms with Gasteiger partial charge in [-0.1, -0.05) is 12.1 Å². The number of halogens is 1. The molecule has 106 valence electrons. The molecule has 0 aromatic heterocycles. The van der Waals surface area contributed by atoms with E-state index < -0.39 is 0 Å². The van der Waals surface area contributed by atoms with Gasteiger partial charge in [0.2, 0.25) is 0 Å². The first-order valence-electron chi connectivity index (χ1n) is 6.17. The maximum absolute atomic E-state index is 12.7. The van der Waals surface area contributed by atoms with Crippen LogP contribution in [0, 0.1) is 5.82 Å². The molecule has 0 aliphatic rings. The summed E-state index contributed by atoms with van der Waals surface area (Å²) in [6, 6.07) is 5.68. The summed E-state index contributed by atoms with van der Waals surface area (Å²) < 4.78 is 17.7. The molecule has 0 atom stereocenters. The average Bonchev–Trinajstić information content (AvgIpc) is 2.42. The molecular formula is C13H19FN2O3. The number of rotatable bonds is 8. The molecule has 1 rings (SSSR count). The van der Waals surface area contributed by atoms with Crippen molar-refractivity contribution in [2.75, 3.05) is 26.4 Å². The van der Waals surface area contributed by atoms with E-state index in [9.17, 15) is 9.18 Å². The van der Waals surface area contributed by atoms with Gasteiger partial charge in [-0.2, -0.15) is 0 Å². The molecule has 0 saturated carbocycles. The van der Waals surface area contributed by atoms with Crippen LogP contribution in [0.5, 0.6) is 0 Å². The Balaban J connectivity index is 2.06. The second-order valence-electron chi connectivity index (χ2n) is 3.93. The topological polar surface area (TPSA) is 70.6 Å². The molecule has 0 bridgehead atoms. The predicted molar refractivity (Wildman–Crippen MR) is 69.2 cm³/mol. The molecule has 0 radical (unpaired) electrons. The molecular weight excluding hydrogens is 251 g/mol. The summed E-state index contributed by atoms with van der Waals surface area (Å²) in [6.07, 6.45) is 0.684. The van der Waals surface area contributed by atoms with E-state index in [0.29, 0.717) is 32.7 Å². The first-order valence-corrected chi connectivity index (χ1v) is 6.17. The monoisotopic (exact) mass is 270 g/mol. The van der Waals surface area contributed by atoms with E-state index in [1.165, 1.54) is 12.1 Å². The van der Waals surface area contributed by atoms with Crippen molar-refractivity contribution in [1.82, 2.24) is 10.6 Å². The van der Waals surface area contributed by atoms with Crippen LogP contribution in [0.25, 0.3) is 0 Å². The Morgan fingerprint density at radius 2 is 1.95 bits per heavy atom. The number of benzene rings is 1. The minimum Gasteiger partial charge on any atom is -0.394 e. The Bertz CT molecular complexity index is 371. The van der Waals surface area contributed by atoms with Crippen LogP contribution in [0.3, 0.4) is 0 Å². The summed E-state index contributed by atoms with van der Waals surface area (Å²) >= 11 is 0. The van der Waals surface area contributed by atoms with Gasteiger partial charge >= 0.3 is 6.03 Å². The summed E-state index contributed by atoms with van der Waals surface area (Å²) in [5, 5.41) is 13.8. The van der Waals surface area contributed by atoms with Crippen LogP contribution in [0.4, 0.5) is 9.18 Å². The number of ether oxygens (including phenoxy) is 1. The number of hydrogen-bond donors (Lipinski definition) is 3. The van der Waals surface area contributed by atoms with Crippen molar-refractivity contribution < 1.29 is 19.0 Å². The number of aliphatic hydroxyl groups excluding tert-OH is 1. The lowest BCUT2D eigenvalue weighted by Crippen LogP contribution is -2.35. The zero-order valence-electron chi connectivity index (χ0n) is 10.7. The van der Waals surface area contributed by atoms with Gasteiger partial charge in [0, 0.05) is 19.7 Å². The number of aliphatic hydroxyl groups is 1. The van der Waals surface area contributed by atoms with Crippen molar-refractivity contribution in [3.63, 3.8) is 0 Å². The van der Waals surface area contributed by atoms with Crippen molar-refractivity contribution in [3.05, 3.63) is 35.6 Å². The Kier molecular flexibility index (Phi) is 7.53. The zero-order chi connectivity index (χ0) is 13.9. The molecule has 3 N–H and O–H groups in total. The molecule has 0 saturated heterocycles. The number of hydrogen-bond acceptors (Lipinski definition) is 3. The molecule has 19 heavy (non-hydrogen) atoms. The van der Waals surface area contributed by atoms with Crippen molar-refractivity contribution in [2.24, 2.45) is 0 Å². The van der Waals surface area contributed by atoms with Crippen LogP contribution in [-0.4, -0.2) is 37.5 Å². The van der Waals surface area contributed by atoms with Gasteiger partial charge < -0.3 is 20.5 Å². The van der Waals surface area contributed by atoms with Crippen LogP contribution in [0.2, 0.25) is 0 Å². The average molecular weight is 270 g/mol. The van der Waals surface area contributed by atoms with Gasteiger partial charge in [0.05, 0.1) is 13.2 Å². The minimum atomic E-state index is -0.295. The van der Waals surface area contributed by atoms with E-state index in [-0.39, 0.29) is 18.5 Å². The number of carbonyl (C=O) groups excluding carboxylic acids is 1. The molecule has 1 aromatic carbocycles. The lowest BCUT2D eigenvalue weighted by Gasteiger charge is -2.08. The molecule has 0 spiro atoms. The fourth-order valence-electron chi connectivity index (χ4n) is 1.39. The van der Waals surface area contributed by atoms with Crippen molar-refractivity contribution >= 4 is 6.03 Å². The van der Waals surface area contributed by atoms with Crippen LogP contribution in [0.1, 0.15) is 12.0 Å². The van der Waals surface area contributed by atoms with Crippen molar-refractivity contribution in [3.8, 4) is 0 Å². The molecule has 0 unspecified atom stereocenters. The molecule has 1 aromatic rings. The van der Waals surface area contributed by atoms with E-state index in [1.54, 1.807) is 12.1 Å². The van der Waals surface area contributed by atoms with Gasteiger partial charge in [0.15, 0.2) is 0 Å². The van der Waals surface area contributed by atoms with Crippen LogP contribution >= 0.6 is 0 Å². The Morgan fingerprint density at radius 1 is 1.21 bits per heavy atom. The third-order valence-corrected chi connectivity index (χ3v) is 2.35. The highest BCUT2D eigenvalue weighted by Crippen LogP contribution is 2.01. The molecule has 0 heterocycles. The summed E-state index contributed by atoms with van der Waals surface area (Å²) in [5.74, 6) is -0.295. The highest BCUT2D eigenvalue weighted by molar-refractivity contribution is 5.73. The molecule has 0 aliphatic heterocycles. The zero-order valence-corrected chi connectivity index (χ0v) is 10.7. The molecule has 0 aliphatic carbocycles. The Hall–Kier alpha value is -1.66. The number of carbonyl (C=O) groups is 1. The summed E-state index contributed by atoms with van der Waals surface area (Å²) in [7, 11) is 0. The Labute approximate surface area is 111 Å². The molecule has 6 heteroatoms. The summed E-state index contributed by atoms with van der Waals surface area (Å²) in [5.41, 5.74) is 0.836. The first-order chi connectivity index (χ1) is 9.22. The molecule has 2 amide bonds. The standard InChI is InChI=1S/C13H19FN2O3/c14-12-4-2-11(3-5-12)10-16-13(18)15-6-1-8-19-9-7-17/h2-5,17H,1,6-10H2,(H2,15,16,18). The van der Waals surface area contributed by atoms with Crippen LogP contribution in [0.15, 0.2) is 24.3 Å². The van der Waals surface area contributed by atoms with Gasteiger partial charge in [-0.15, -0.1) is 0 Å². The lowest BCUT2D eigenvalue weighted by molar-refractivity contribution is 0.0910. The first kappa shape index (κ1) is 15.4. The van der Waals surface area contributed by atoms with Crippen molar-refractivity contribution in [2.45, 2.75) is 13.0 Å². The van der Waals surface area contributed by atoms with Gasteiger partial charge in [0.1, 0.15) is 5.82 Å². The van der Waals surface area contributed by atoms with E-state index >= 15 is 0 Å². The second kappa shape index (κ2) is 9.29. The van der Waals surface area contributed by atoms with E-state index in [4.69, 9.17) is 9.84 Å². The SMILES string of the molecule is O=C(NCCCOCCO)NCc1ccc(F)cc1. The van der Waals surface area contributed by atoms with Gasteiger partial charge in [-0.3, -0.25) is 0 Å². The predicted octanol–water partition coefficient (Wildman–Crippen LogP) is 1.02. The summed E-state index contributed by atoms with van der Waals surface area (Å²) in [6.45, 7) is 1.68. The third-order valence-electron chi connectivity index (χ3n) is 2.35. The quantitative estimate of drug-likeness (QED) is 0.618. The number of amides is 2. The van der Waals surface area contributed by atoms with E-state index in [1.807, 2.05) is 0 Å².